The van der Waals surface area contributed by atoms with Crippen LogP contribution in [0, 0.1) is 5.92 Å². The highest BCUT2D eigenvalue weighted by Crippen LogP contribution is 2.29. The minimum atomic E-state index is 0.204. The number of hydrogen-bond donors (Lipinski definition) is 1. The Bertz CT molecular complexity index is 393. The minimum Gasteiger partial charge on any atom is -0.493 e. The number of ether oxygens (including phenoxy) is 2. The lowest BCUT2D eigenvalue weighted by Crippen LogP contribution is -2.21. The smallest absolute Gasteiger partial charge is 0.161 e. The van der Waals surface area contributed by atoms with E-state index in [1.807, 2.05) is 6.07 Å². The molecule has 0 radical (unpaired) electrons. The highest BCUT2D eigenvalue weighted by Gasteiger charge is 2.10. The average molecular weight is 279 g/mol. The molecule has 0 aliphatic carbocycles. The summed E-state index contributed by atoms with van der Waals surface area (Å²) < 4.78 is 11.3. The molecule has 2 N–H and O–H groups in total. The van der Waals surface area contributed by atoms with Crippen molar-refractivity contribution in [2.24, 2.45) is 11.7 Å². The van der Waals surface area contributed by atoms with Gasteiger partial charge in [-0.2, -0.15) is 0 Å². The predicted octanol–water partition coefficient (Wildman–Crippen LogP) is 3.79. The Kier molecular flexibility index (Phi) is 7.45. The van der Waals surface area contributed by atoms with Crippen LogP contribution in [-0.2, 0) is 6.42 Å². The van der Waals surface area contributed by atoms with Gasteiger partial charge in [0.15, 0.2) is 11.5 Å². The van der Waals surface area contributed by atoms with Crippen LogP contribution < -0.4 is 15.2 Å². The van der Waals surface area contributed by atoms with Crippen molar-refractivity contribution >= 4 is 0 Å². The fourth-order valence-electron chi connectivity index (χ4n) is 2.22. The van der Waals surface area contributed by atoms with Gasteiger partial charge in [-0.3, -0.25) is 0 Å². The Hall–Kier alpha value is -1.22. The van der Waals surface area contributed by atoms with E-state index < -0.39 is 0 Å². The Balaban J connectivity index is 2.72. The molecule has 0 aliphatic rings. The molecule has 20 heavy (non-hydrogen) atoms. The second kappa shape index (κ2) is 8.85. The summed E-state index contributed by atoms with van der Waals surface area (Å²) in [5.41, 5.74) is 7.22. The van der Waals surface area contributed by atoms with Crippen molar-refractivity contribution in [1.29, 1.82) is 0 Å². The van der Waals surface area contributed by atoms with Crippen LogP contribution in [0.3, 0.4) is 0 Å². The number of benzene rings is 1. The molecule has 3 heteroatoms. The Morgan fingerprint density at radius 3 is 2.55 bits per heavy atom. The first kappa shape index (κ1) is 16.8. The predicted molar refractivity (Wildman–Crippen MR) is 84.5 cm³/mol. The normalized spacial score (nSPS) is 13.8. The average Bonchev–Trinajstić information content (AvgIpc) is 2.45. The molecular formula is C17H29NO2. The van der Waals surface area contributed by atoms with E-state index in [1.165, 1.54) is 18.4 Å². The molecule has 1 rings (SSSR count). The van der Waals surface area contributed by atoms with Crippen molar-refractivity contribution in [3.8, 4) is 11.5 Å². The summed E-state index contributed by atoms with van der Waals surface area (Å²) in [5, 5.41) is 0. The van der Waals surface area contributed by atoms with Gasteiger partial charge in [-0.25, -0.2) is 0 Å². The zero-order valence-corrected chi connectivity index (χ0v) is 13.3. The second-order valence-corrected chi connectivity index (χ2v) is 5.56. The number of methoxy groups -OCH3 is 1. The fraction of sp³-hybridized carbons (Fsp3) is 0.647. The van der Waals surface area contributed by atoms with Gasteiger partial charge in [-0.15, -0.1) is 0 Å². The molecule has 114 valence electrons. The molecule has 1 aromatic carbocycles. The highest BCUT2D eigenvalue weighted by molar-refractivity contribution is 5.43. The van der Waals surface area contributed by atoms with E-state index >= 15 is 0 Å². The molecule has 0 heterocycles. The summed E-state index contributed by atoms with van der Waals surface area (Å²) in [6.45, 7) is 7.25. The van der Waals surface area contributed by atoms with Crippen molar-refractivity contribution < 1.29 is 9.47 Å². The van der Waals surface area contributed by atoms with E-state index in [2.05, 4.69) is 32.9 Å². The van der Waals surface area contributed by atoms with Gasteiger partial charge in [0.05, 0.1) is 13.7 Å². The van der Waals surface area contributed by atoms with E-state index in [1.54, 1.807) is 7.11 Å². The molecule has 2 unspecified atom stereocenters. The van der Waals surface area contributed by atoms with Crippen molar-refractivity contribution in [1.82, 2.24) is 0 Å². The van der Waals surface area contributed by atoms with Gasteiger partial charge in [0.1, 0.15) is 0 Å². The van der Waals surface area contributed by atoms with Gasteiger partial charge in [-0.1, -0.05) is 33.3 Å². The van der Waals surface area contributed by atoms with Gasteiger partial charge >= 0.3 is 0 Å². The first-order valence-electron chi connectivity index (χ1n) is 7.65. The van der Waals surface area contributed by atoms with E-state index in [9.17, 15) is 0 Å². The van der Waals surface area contributed by atoms with E-state index in [4.69, 9.17) is 15.2 Å². The third-order valence-corrected chi connectivity index (χ3v) is 3.56. The molecule has 0 aromatic heterocycles. The Labute approximate surface area is 123 Å². The molecule has 0 bridgehead atoms. The first-order valence-corrected chi connectivity index (χ1v) is 7.65. The Morgan fingerprint density at radius 2 is 1.95 bits per heavy atom. The Morgan fingerprint density at radius 1 is 1.20 bits per heavy atom. The summed E-state index contributed by atoms with van der Waals surface area (Å²) in [5.74, 6) is 2.19. The lowest BCUT2D eigenvalue weighted by atomic mass is 10.0. The maximum absolute atomic E-state index is 6.02. The molecule has 0 saturated heterocycles. The zero-order chi connectivity index (χ0) is 15.0. The zero-order valence-electron chi connectivity index (χ0n) is 13.3. The first-order chi connectivity index (χ1) is 9.60. The maximum atomic E-state index is 6.02. The summed E-state index contributed by atoms with van der Waals surface area (Å²) in [7, 11) is 1.68. The largest absolute Gasteiger partial charge is 0.493 e. The van der Waals surface area contributed by atoms with Crippen LogP contribution in [0.2, 0.25) is 0 Å². The van der Waals surface area contributed by atoms with Crippen molar-refractivity contribution in [3.63, 3.8) is 0 Å². The van der Waals surface area contributed by atoms with Gasteiger partial charge in [0.25, 0.3) is 0 Å². The monoisotopic (exact) mass is 279 g/mol. The number of rotatable bonds is 9. The molecule has 0 amide bonds. The van der Waals surface area contributed by atoms with Gasteiger partial charge < -0.3 is 15.2 Å². The molecule has 2 atom stereocenters. The molecule has 0 spiro atoms. The van der Waals surface area contributed by atoms with Crippen LogP contribution in [0.25, 0.3) is 0 Å². The van der Waals surface area contributed by atoms with Gasteiger partial charge in [-0.05, 0) is 42.9 Å². The molecule has 3 nitrogen and oxygen atoms in total. The quantitative estimate of drug-likeness (QED) is 0.748. The van der Waals surface area contributed by atoms with E-state index in [0.29, 0.717) is 5.92 Å². The molecule has 0 aliphatic heterocycles. The summed E-state index contributed by atoms with van der Waals surface area (Å²) >= 11 is 0. The van der Waals surface area contributed by atoms with Crippen LogP contribution in [0.15, 0.2) is 18.2 Å². The van der Waals surface area contributed by atoms with E-state index in [-0.39, 0.29) is 6.04 Å². The second-order valence-electron chi connectivity index (χ2n) is 5.56. The summed E-state index contributed by atoms with van der Waals surface area (Å²) in [6, 6.07) is 6.30. The van der Waals surface area contributed by atoms with Crippen LogP contribution in [-0.4, -0.2) is 19.8 Å². The van der Waals surface area contributed by atoms with Crippen LogP contribution >= 0.6 is 0 Å². The van der Waals surface area contributed by atoms with Gasteiger partial charge in [0, 0.05) is 6.04 Å². The number of nitrogens with two attached hydrogens (primary N) is 1. The van der Waals surface area contributed by atoms with Gasteiger partial charge in [0.2, 0.25) is 0 Å². The SMILES string of the molecule is CCCC(C)COc1cc(CC(N)CC)ccc1OC. The molecule has 0 fully saturated rings. The van der Waals surface area contributed by atoms with E-state index in [0.717, 1.165) is 30.9 Å². The highest BCUT2D eigenvalue weighted by atomic mass is 16.5. The van der Waals surface area contributed by atoms with Crippen LogP contribution in [0.1, 0.15) is 45.6 Å². The van der Waals surface area contributed by atoms with Crippen molar-refractivity contribution in [2.75, 3.05) is 13.7 Å². The van der Waals surface area contributed by atoms with Crippen molar-refractivity contribution in [3.05, 3.63) is 23.8 Å². The lowest BCUT2D eigenvalue weighted by molar-refractivity contribution is 0.240. The third-order valence-electron chi connectivity index (χ3n) is 3.56. The molecule has 0 saturated carbocycles. The van der Waals surface area contributed by atoms with Crippen molar-refractivity contribution in [2.45, 2.75) is 52.5 Å². The summed E-state index contributed by atoms with van der Waals surface area (Å²) in [4.78, 5) is 0. The number of hydrogen-bond acceptors (Lipinski definition) is 3. The summed E-state index contributed by atoms with van der Waals surface area (Å²) in [6.07, 6.45) is 4.23. The van der Waals surface area contributed by atoms with Crippen LogP contribution in [0.4, 0.5) is 0 Å². The topological polar surface area (TPSA) is 44.5 Å². The third kappa shape index (κ3) is 5.41. The van der Waals surface area contributed by atoms with Crippen LogP contribution in [0.5, 0.6) is 11.5 Å². The fourth-order valence-corrected chi connectivity index (χ4v) is 2.22. The standard InChI is InChI=1S/C17H29NO2/c1-5-7-13(3)12-20-17-11-14(10-15(18)6-2)8-9-16(17)19-4/h8-9,11,13,15H,5-7,10,12,18H2,1-4H3. The molecule has 1 aromatic rings. The minimum absolute atomic E-state index is 0.204. The molecular weight excluding hydrogens is 250 g/mol. The lowest BCUT2D eigenvalue weighted by Gasteiger charge is -2.16. The maximum Gasteiger partial charge on any atom is 0.161 e.